The molecule has 2 nitrogen and oxygen atoms in total. The lowest BCUT2D eigenvalue weighted by Gasteiger charge is -2.06. The molecule has 4 heteroatoms. The molecule has 0 fully saturated rings. The average Bonchev–Trinajstić information content (AvgIpc) is 2.42. The highest BCUT2D eigenvalue weighted by Gasteiger charge is 2.07. The summed E-state index contributed by atoms with van der Waals surface area (Å²) in [5.41, 5.74) is 1.12. The smallest absolute Gasteiger partial charge is 0.228 e. The molecule has 0 aliphatic carbocycles. The van der Waals surface area contributed by atoms with Crippen LogP contribution in [-0.2, 0) is 11.2 Å². The minimum Gasteiger partial charge on any atom is -0.326 e. The average molecular weight is 275 g/mol. The second kappa shape index (κ2) is 6.38. The fraction of sp³-hybridized carbons (Fsp3) is 0.133. The molecule has 2 rings (SSSR count). The van der Waals surface area contributed by atoms with Gasteiger partial charge in [-0.2, -0.15) is 0 Å². The number of halogens is 1. The molecular weight excluding hydrogens is 261 g/mol. The molecule has 0 aliphatic rings. The van der Waals surface area contributed by atoms with Crippen molar-refractivity contribution in [1.82, 2.24) is 0 Å². The third kappa shape index (κ3) is 3.83. The highest BCUT2D eigenvalue weighted by Crippen LogP contribution is 2.17. The Bertz CT molecular complexity index is 569. The maximum Gasteiger partial charge on any atom is 0.228 e. The van der Waals surface area contributed by atoms with E-state index in [4.69, 9.17) is 0 Å². The summed E-state index contributed by atoms with van der Waals surface area (Å²) in [6, 6.07) is 13.8. The number of rotatable bonds is 4. The molecule has 0 heterocycles. The predicted octanol–water partition coefficient (Wildman–Crippen LogP) is 3.73. The first-order chi connectivity index (χ1) is 9.19. The van der Waals surface area contributed by atoms with E-state index in [1.54, 1.807) is 30.0 Å². The van der Waals surface area contributed by atoms with Gasteiger partial charge in [-0.15, -0.1) is 11.8 Å². The first kappa shape index (κ1) is 13.6. The fourth-order valence-electron chi connectivity index (χ4n) is 1.69. The Morgan fingerprint density at radius 3 is 2.47 bits per heavy atom. The zero-order chi connectivity index (χ0) is 13.7. The van der Waals surface area contributed by atoms with Crippen molar-refractivity contribution in [2.24, 2.45) is 0 Å². The topological polar surface area (TPSA) is 29.1 Å². The van der Waals surface area contributed by atoms with Gasteiger partial charge in [0.2, 0.25) is 5.91 Å². The van der Waals surface area contributed by atoms with Crippen molar-refractivity contribution in [3.63, 3.8) is 0 Å². The van der Waals surface area contributed by atoms with Gasteiger partial charge in [0.25, 0.3) is 0 Å². The Balaban J connectivity index is 1.99. The van der Waals surface area contributed by atoms with E-state index in [0.29, 0.717) is 5.56 Å². The molecule has 0 unspecified atom stereocenters. The molecule has 2 aromatic carbocycles. The van der Waals surface area contributed by atoms with Crippen molar-refractivity contribution < 1.29 is 9.18 Å². The summed E-state index contributed by atoms with van der Waals surface area (Å²) >= 11 is 1.64. The molecule has 0 atom stereocenters. The second-order valence-electron chi connectivity index (χ2n) is 4.04. The van der Waals surface area contributed by atoms with E-state index in [-0.39, 0.29) is 18.1 Å². The van der Waals surface area contributed by atoms with Crippen LogP contribution in [0, 0.1) is 5.82 Å². The normalized spacial score (nSPS) is 10.2. The predicted molar refractivity (Wildman–Crippen MR) is 77.0 cm³/mol. The van der Waals surface area contributed by atoms with Gasteiger partial charge in [-0.1, -0.05) is 18.2 Å². The molecule has 19 heavy (non-hydrogen) atoms. The molecule has 0 spiro atoms. The monoisotopic (exact) mass is 275 g/mol. The molecule has 1 N–H and O–H groups in total. The number of hydrogen-bond donors (Lipinski definition) is 1. The Labute approximate surface area is 116 Å². The molecular formula is C15H14FNOS. The SMILES string of the molecule is CSc1ccc(NC(=O)Cc2ccccc2F)cc1. The lowest BCUT2D eigenvalue weighted by molar-refractivity contribution is -0.115. The van der Waals surface area contributed by atoms with Gasteiger partial charge < -0.3 is 5.32 Å². The lowest BCUT2D eigenvalue weighted by atomic mass is 10.1. The Morgan fingerprint density at radius 1 is 1.16 bits per heavy atom. The maximum absolute atomic E-state index is 13.4. The molecule has 2 aromatic rings. The van der Waals surface area contributed by atoms with Crippen LogP contribution in [0.25, 0.3) is 0 Å². The molecule has 0 saturated carbocycles. The molecule has 0 aromatic heterocycles. The number of thioether (sulfide) groups is 1. The number of carbonyl (C=O) groups excluding carboxylic acids is 1. The minimum absolute atomic E-state index is 0.0386. The summed E-state index contributed by atoms with van der Waals surface area (Å²) in [6.45, 7) is 0. The third-order valence-electron chi connectivity index (χ3n) is 2.68. The largest absolute Gasteiger partial charge is 0.326 e. The molecule has 0 saturated heterocycles. The van der Waals surface area contributed by atoms with Gasteiger partial charge in [0, 0.05) is 10.6 Å². The highest BCUT2D eigenvalue weighted by molar-refractivity contribution is 7.98. The van der Waals surface area contributed by atoms with Crippen LogP contribution in [0.15, 0.2) is 53.4 Å². The highest BCUT2D eigenvalue weighted by atomic mass is 32.2. The summed E-state index contributed by atoms with van der Waals surface area (Å²) in [4.78, 5) is 12.9. The summed E-state index contributed by atoms with van der Waals surface area (Å²) in [5.74, 6) is -0.572. The molecule has 1 amide bonds. The van der Waals surface area contributed by atoms with Gasteiger partial charge in [-0.25, -0.2) is 4.39 Å². The fourth-order valence-corrected chi connectivity index (χ4v) is 2.10. The van der Waals surface area contributed by atoms with Crippen molar-refractivity contribution >= 4 is 23.4 Å². The number of benzene rings is 2. The van der Waals surface area contributed by atoms with E-state index in [9.17, 15) is 9.18 Å². The van der Waals surface area contributed by atoms with Crippen LogP contribution in [0.2, 0.25) is 0 Å². The lowest BCUT2D eigenvalue weighted by Crippen LogP contribution is -2.15. The van der Waals surface area contributed by atoms with Gasteiger partial charge in [0.15, 0.2) is 0 Å². The molecule has 0 aliphatic heterocycles. The number of anilines is 1. The van der Waals surface area contributed by atoms with Crippen LogP contribution in [0.1, 0.15) is 5.56 Å². The molecule has 98 valence electrons. The van der Waals surface area contributed by atoms with E-state index in [0.717, 1.165) is 10.6 Å². The van der Waals surface area contributed by atoms with E-state index in [1.807, 2.05) is 30.5 Å². The van der Waals surface area contributed by atoms with Gasteiger partial charge in [-0.3, -0.25) is 4.79 Å². The third-order valence-corrected chi connectivity index (χ3v) is 3.43. The van der Waals surface area contributed by atoms with Gasteiger partial charge in [-0.05, 0) is 42.2 Å². The van der Waals surface area contributed by atoms with Crippen LogP contribution < -0.4 is 5.32 Å². The summed E-state index contributed by atoms with van der Waals surface area (Å²) in [5, 5.41) is 2.75. The Morgan fingerprint density at radius 2 is 1.84 bits per heavy atom. The number of nitrogens with one attached hydrogen (secondary N) is 1. The standard InChI is InChI=1S/C15H14FNOS/c1-19-13-8-6-12(7-9-13)17-15(18)10-11-4-2-3-5-14(11)16/h2-9H,10H2,1H3,(H,17,18). The van der Waals surface area contributed by atoms with Crippen molar-refractivity contribution in [3.8, 4) is 0 Å². The van der Waals surface area contributed by atoms with Crippen LogP contribution >= 0.6 is 11.8 Å². The maximum atomic E-state index is 13.4. The summed E-state index contributed by atoms with van der Waals surface area (Å²) in [6.07, 6.45) is 2.03. The quantitative estimate of drug-likeness (QED) is 0.861. The number of carbonyl (C=O) groups is 1. The zero-order valence-electron chi connectivity index (χ0n) is 10.5. The van der Waals surface area contributed by atoms with Gasteiger partial charge in [0.05, 0.1) is 6.42 Å². The van der Waals surface area contributed by atoms with E-state index in [2.05, 4.69) is 5.32 Å². The summed E-state index contributed by atoms with van der Waals surface area (Å²) in [7, 11) is 0. The first-order valence-corrected chi connectivity index (χ1v) is 7.09. The van der Waals surface area contributed by atoms with Crippen LogP contribution in [0.5, 0.6) is 0 Å². The van der Waals surface area contributed by atoms with Crippen LogP contribution in [-0.4, -0.2) is 12.2 Å². The van der Waals surface area contributed by atoms with Crippen molar-refractivity contribution in [2.45, 2.75) is 11.3 Å². The Hall–Kier alpha value is -1.81. The van der Waals surface area contributed by atoms with Gasteiger partial charge in [0.1, 0.15) is 5.82 Å². The van der Waals surface area contributed by atoms with Crippen molar-refractivity contribution in [3.05, 3.63) is 59.9 Å². The van der Waals surface area contributed by atoms with Crippen molar-refractivity contribution in [2.75, 3.05) is 11.6 Å². The van der Waals surface area contributed by atoms with Gasteiger partial charge >= 0.3 is 0 Å². The number of hydrogen-bond acceptors (Lipinski definition) is 2. The summed E-state index contributed by atoms with van der Waals surface area (Å²) < 4.78 is 13.4. The van der Waals surface area contributed by atoms with Crippen LogP contribution in [0.3, 0.4) is 0 Å². The zero-order valence-corrected chi connectivity index (χ0v) is 11.3. The number of amides is 1. The first-order valence-electron chi connectivity index (χ1n) is 5.86. The van der Waals surface area contributed by atoms with Crippen molar-refractivity contribution in [1.29, 1.82) is 0 Å². The van der Waals surface area contributed by atoms with Crippen LogP contribution in [0.4, 0.5) is 10.1 Å². The molecule has 0 bridgehead atoms. The Kier molecular flexibility index (Phi) is 4.58. The van der Waals surface area contributed by atoms with E-state index >= 15 is 0 Å². The second-order valence-corrected chi connectivity index (χ2v) is 4.92. The van der Waals surface area contributed by atoms with E-state index < -0.39 is 0 Å². The minimum atomic E-state index is -0.351. The van der Waals surface area contributed by atoms with E-state index in [1.165, 1.54) is 6.07 Å². The molecule has 0 radical (unpaired) electrons.